The Hall–Kier alpha value is -2.35. The summed E-state index contributed by atoms with van der Waals surface area (Å²) in [5, 5.41) is 12.5. The molecule has 0 radical (unpaired) electrons. The fourth-order valence-corrected chi connectivity index (χ4v) is 3.84. The van der Waals surface area contributed by atoms with E-state index >= 15 is 0 Å². The summed E-state index contributed by atoms with van der Waals surface area (Å²) >= 11 is 1.42. The molecule has 1 N–H and O–H groups in total. The minimum absolute atomic E-state index is 0.0675. The molecule has 0 saturated carbocycles. The number of hydrogen-bond donors (Lipinski definition) is 1. The van der Waals surface area contributed by atoms with E-state index in [1.807, 2.05) is 0 Å². The van der Waals surface area contributed by atoms with Crippen LogP contribution in [-0.4, -0.2) is 40.0 Å². The second-order valence-corrected chi connectivity index (χ2v) is 7.73. The number of likely N-dealkylation sites (tertiary alicyclic amines) is 1. The van der Waals surface area contributed by atoms with Crippen LogP contribution in [-0.2, 0) is 11.2 Å². The van der Waals surface area contributed by atoms with Crippen molar-refractivity contribution in [1.29, 1.82) is 0 Å². The first-order valence-corrected chi connectivity index (χ1v) is 10.1. The third-order valence-corrected chi connectivity index (χ3v) is 5.58. The van der Waals surface area contributed by atoms with Crippen molar-refractivity contribution in [3.05, 3.63) is 40.7 Å². The van der Waals surface area contributed by atoms with Crippen LogP contribution in [0.4, 0.5) is 9.52 Å². The highest BCUT2D eigenvalue weighted by Crippen LogP contribution is 2.23. The number of nitrogens with one attached hydrogen (secondary N) is 1. The van der Waals surface area contributed by atoms with Gasteiger partial charge in [-0.1, -0.05) is 24.7 Å². The Kier molecular flexibility index (Phi) is 6.49. The summed E-state index contributed by atoms with van der Waals surface area (Å²) in [6, 6.07) is 5.54. The SMILES string of the molecule is CCCCc1nnc(NC(=O)C2CCN(C(=O)c3ccc(F)cc3)CC2)s1. The Morgan fingerprint density at radius 2 is 1.93 bits per heavy atom. The number of carbonyl (C=O) groups excluding carboxylic acids is 2. The van der Waals surface area contributed by atoms with E-state index in [1.165, 1.54) is 35.6 Å². The molecule has 27 heavy (non-hydrogen) atoms. The lowest BCUT2D eigenvalue weighted by atomic mass is 9.95. The number of piperidine rings is 1. The van der Waals surface area contributed by atoms with Gasteiger partial charge in [0.2, 0.25) is 11.0 Å². The maximum absolute atomic E-state index is 13.0. The van der Waals surface area contributed by atoms with E-state index < -0.39 is 0 Å². The zero-order valence-electron chi connectivity index (χ0n) is 15.3. The summed E-state index contributed by atoms with van der Waals surface area (Å²) < 4.78 is 13.0. The summed E-state index contributed by atoms with van der Waals surface area (Å²) in [5.41, 5.74) is 0.466. The molecule has 1 aromatic heterocycles. The predicted octanol–water partition coefficient (Wildman–Crippen LogP) is 3.51. The van der Waals surface area contributed by atoms with E-state index in [9.17, 15) is 14.0 Å². The first-order chi connectivity index (χ1) is 13.1. The van der Waals surface area contributed by atoms with E-state index in [0.717, 1.165) is 24.3 Å². The van der Waals surface area contributed by atoms with Crippen molar-refractivity contribution < 1.29 is 14.0 Å². The number of hydrogen-bond acceptors (Lipinski definition) is 5. The fraction of sp³-hybridized carbons (Fsp3) is 0.474. The van der Waals surface area contributed by atoms with Gasteiger partial charge in [0, 0.05) is 31.0 Å². The minimum Gasteiger partial charge on any atom is -0.339 e. The second-order valence-electron chi connectivity index (χ2n) is 6.67. The number of aromatic nitrogens is 2. The number of nitrogens with zero attached hydrogens (tertiary/aromatic N) is 3. The molecular formula is C19H23FN4O2S. The summed E-state index contributed by atoms with van der Waals surface area (Å²) in [5.74, 6) is -0.706. The molecule has 8 heteroatoms. The van der Waals surface area contributed by atoms with Gasteiger partial charge in [0.1, 0.15) is 10.8 Å². The number of rotatable bonds is 6. The lowest BCUT2D eigenvalue weighted by Crippen LogP contribution is -2.41. The third-order valence-electron chi connectivity index (χ3n) is 4.69. The molecule has 0 spiro atoms. The average Bonchev–Trinajstić information content (AvgIpc) is 3.13. The molecular weight excluding hydrogens is 367 g/mol. The molecule has 0 bridgehead atoms. The maximum Gasteiger partial charge on any atom is 0.253 e. The van der Waals surface area contributed by atoms with Gasteiger partial charge in [0.15, 0.2) is 0 Å². The van der Waals surface area contributed by atoms with E-state index in [4.69, 9.17) is 0 Å². The first kappa shape index (κ1) is 19.4. The van der Waals surface area contributed by atoms with E-state index in [0.29, 0.717) is 36.6 Å². The van der Waals surface area contributed by atoms with E-state index in [2.05, 4.69) is 22.4 Å². The zero-order valence-corrected chi connectivity index (χ0v) is 16.1. The van der Waals surface area contributed by atoms with Crippen molar-refractivity contribution in [3.63, 3.8) is 0 Å². The number of unbranched alkanes of at least 4 members (excludes halogenated alkanes) is 1. The van der Waals surface area contributed by atoms with Crippen molar-refractivity contribution in [2.45, 2.75) is 39.0 Å². The summed E-state index contributed by atoms with van der Waals surface area (Å²) in [7, 11) is 0. The monoisotopic (exact) mass is 390 g/mol. The fourth-order valence-electron chi connectivity index (χ4n) is 3.06. The van der Waals surface area contributed by atoms with E-state index in [1.54, 1.807) is 4.90 Å². The van der Waals surface area contributed by atoms with E-state index in [-0.39, 0.29) is 23.5 Å². The molecule has 0 aliphatic carbocycles. The number of anilines is 1. The number of amides is 2. The normalized spacial score (nSPS) is 15.0. The van der Waals surface area contributed by atoms with Crippen molar-refractivity contribution in [2.24, 2.45) is 5.92 Å². The molecule has 0 unspecified atom stereocenters. The maximum atomic E-state index is 13.0. The van der Waals surface area contributed by atoms with Crippen LogP contribution >= 0.6 is 11.3 Å². The van der Waals surface area contributed by atoms with Gasteiger partial charge < -0.3 is 10.2 Å². The molecule has 144 valence electrons. The lowest BCUT2D eigenvalue weighted by Gasteiger charge is -2.31. The van der Waals surface area contributed by atoms with Gasteiger partial charge >= 0.3 is 0 Å². The van der Waals surface area contributed by atoms with Gasteiger partial charge in [-0.2, -0.15) is 0 Å². The zero-order chi connectivity index (χ0) is 19.2. The highest BCUT2D eigenvalue weighted by Gasteiger charge is 2.28. The van der Waals surface area contributed by atoms with Crippen LogP contribution in [0, 0.1) is 11.7 Å². The topological polar surface area (TPSA) is 75.2 Å². The number of carbonyl (C=O) groups is 2. The Morgan fingerprint density at radius 1 is 1.22 bits per heavy atom. The van der Waals surface area contributed by atoms with Crippen molar-refractivity contribution in [1.82, 2.24) is 15.1 Å². The van der Waals surface area contributed by atoms with Gasteiger partial charge in [0.05, 0.1) is 0 Å². The predicted molar refractivity (Wildman–Crippen MR) is 102 cm³/mol. The molecule has 6 nitrogen and oxygen atoms in total. The molecule has 1 aromatic carbocycles. The molecule has 1 aliphatic heterocycles. The second kappa shape index (κ2) is 9.03. The van der Waals surface area contributed by atoms with Gasteiger partial charge in [-0.05, 0) is 43.5 Å². The molecule has 1 fully saturated rings. The molecule has 2 amide bonds. The summed E-state index contributed by atoms with van der Waals surface area (Å²) in [6.07, 6.45) is 4.23. The number of halogens is 1. The Bertz CT molecular complexity index is 785. The van der Waals surface area contributed by atoms with Gasteiger partial charge in [-0.25, -0.2) is 4.39 Å². The molecule has 0 atom stereocenters. The molecule has 1 aliphatic rings. The highest BCUT2D eigenvalue weighted by atomic mass is 32.1. The van der Waals surface area contributed by atoms with Crippen LogP contribution in [0.15, 0.2) is 24.3 Å². The minimum atomic E-state index is -0.364. The first-order valence-electron chi connectivity index (χ1n) is 9.25. The Morgan fingerprint density at radius 3 is 2.59 bits per heavy atom. The molecule has 2 aromatic rings. The van der Waals surface area contributed by atoms with Crippen LogP contribution in [0.2, 0.25) is 0 Å². The number of benzene rings is 1. The van der Waals surface area contributed by atoms with Gasteiger partial charge in [0.25, 0.3) is 5.91 Å². The molecule has 1 saturated heterocycles. The van der Waals surface area contributed by atoms with Gasteiger partial charge in [-0.15, -0.1) is 10.2 Å². The molecule has 2 heterocycles. The lowest BCUT2D eigenvalue weighted by molar-refractivity contribution is -0.121. The third kappa shape index (κ3) is 5.09. The van der Waals surface area contributed by atoms with Crippen LogP contribution in [0.1, 0.15) is 48.0 Å². The van der Waals surface area contributed by atoms with Crippen molar-refractivity contribution in [2.75, 3.05) is 18.4 Å². The average molecular weight is 390 g/mol. The van der Waals surface area contributed by atoms with Crippen molar-refractivity contribution >= 4 is 28.3 Å². The van der Waals surface area contributed by atoms with Crippen LogP contribution < -0.4 is 5.32 Å². The summed E-state index contributed by atoms with van der Waals surface area (Å²) in [6.45, 7) is 3.13. The quantitative estimate of drug-likeness (QED) is 0.819. The van der Waals surface area contributed by atoms with Crippen LogP contribution in [0.3, 0.4) is 0 Å². The molecule has 3 rings (SSSR count). The number of aryl methyl sites for hydroxylation is 1. The summed E-state index contributed by atoms with van der Waals surface area (Å²) in [4.78, 5) is 26.6. The smallest absolute Gasteiger partial charge is 0.253 e. The Balaban J connectivity index is 1.49. The highest BCUT2D eigenvalue weighted by molar-refractivity contribution is 7.15. The Labute approximate surface area is 161 Å². The van der Waals surface area contributed by atoms with Crippen LogP contribution in [0.25, 0.3) is 0 Å². The van der Waals surface area contributed by atoms with Gasteiger partial charge in [-0.3, -0.25) is 9.59 Å². The standard InChI is InChI=1S/C19H23FN4O2S/c1-2-3-4-16-22-23-19(27-16)21-17(25)13-9-11-24(12-10-13)18(26)14-5-7-15(20)8-6-14/h5-8,13H,2-4,9-12H2,1H3,(H,21,23,25). The van der Waals surface area contributed by atoms with Crippen LogP contribution in [0.5, 0.6) is 0 Å². The van der Waals surface area contributed by atoms with Crippen molar-refractivity contribution in [3.8, 4) is 0 Å². The largest absolute Gasteiger partial charge is 0.339 e.